The number of hydrogen-bond donors (Lipinski definition) is 1. The highest BCUT2D eigenvalue weighted by Gasteiger charge is 2.11. The summed E-state index contributed by atoms with van der Waals surface area (Å²) in [5.41, 5.74) is 2.03. The molecule has 2 rings (SSSR count). The van der Waals surface area contributed by atoms with E-state index in [1.165, 1.54) is 18.9 Å². The zero-order valence-corrected chi connectivity index (χ0v) is 16.3. The minimum absolute atomic E-state index is 0.152. The first kappa shape index (κ1) is 20.1. The molecule has 0 atom stereocenters. The number of halogens is 1. The van der Waals surface area contributed by atoms with Crippen LogP contribution < -0.4 is 10.1 Å². The SMILES string of the molecule is CCCc1ccc(C#N)c(SCCC(=O)Nc2cc(Cl)ccc2OC)n1. The molecule has 0 bridgehead atoms. The fourth-order valence-electron chi connectivity index (χ4n) is 2.30. The fourth-order valence-corrected chi connectivity index (χ4v) is 3.40. The van der Waals surface area contributed by atoms with Crippen LogP contribution in [-0.4, -0.2) is 23.8 Å². The Bertz CT molecular complexity index is 821. The number of benzene rings is 1. The molecule has 1 aromatic heterocycles. The van der Waals surface area contributed by atoms with Crippen LogP contribution in [0.4, 0.5) is 5.69 Å². The maximum Gasteiger partial charge on any atom is 0.225 e. The van der Waals surface area contributed by atoms with Gasteiger partial charge in [0.15, 0.2) is 0 Å². The second-order valence-corrected chi connectivity index (χ2v) is 7.03. The lowest BCUT2D eigenvalue weighted by molar-refractivity contribution is -0.115. The average Bonchev–Trinajstić information content (AvgIpc) is 2.62. The van der Waals surface area contributed by atoms with E-state index in [2.05, 4.69) is 23.3 Å². The van der Waals surface area contributed by atoms with Crippen LogP contribution in [0.3, 0.4) is 0 Å². The average molecular weight is 390 g/mol. The molecule has 0 radical (unpaired) electrons. The smallest absolute Gasteiger partial charge is 0.225 e. The second-order valence-electron chi connectivity index (χ2n) is 5.51. The number of nitrogens with one attached hydrogen (secondary N) is 1. The molecule has 0 unspecified atom stereocenters. The third-order valence-electron chi connectivity index (χ3n) is 3.55. The Balaban J connectivity index is 1.95. The van der Waals surface area contributed by atoms with Crippen LogP contribution in [0.25, 0.3) is 0 Å². The van der Waals surface area contributed by atoms with Crippen LogP contribution >= 0.6 is 23.4 Å². The van der Waals surface area contributed by atoms with Gasteiger partial charge in [-0.2, -0.15) is 5.26 Å². The lowest BCUT2D eigenvalue weighted by atomic mass is 10.2. The Kier molecular flexibility index (Phi) is 7.76. The molecule has 0 aliphatic rings. The number of carbonyl (C=O) groups excluding carboxylic acids is 1. The van der Waals surface area contributed by atoms with Gasteiger partial charge in [0.05, 0.1) is 18.4 Å². The number of thioether (sulfide) groups is 1. The van der Waals surface area contributed by atoms with Crippen molar-refractivity contribution in [1.29, 1.82) is 5.26 Å². The zero-order valence-electron chi connectivity index (χ0n) is 14.7. The van der Waals surface area contributed by atoms with E-state index in [9.17, 15) is 10.1 Å². The molecule has 1 amide bonds. The Morgan fingerprint density at radius 1 is 1.38 bits per heavy atom. The first-order valence-corrected chi connectivity index (χ1v) is 9.60. The van der Waals surface area contributed by atoms with Crippen LogP contribution in [0.5, 0.6) is 5.75 Å². The summed E-state index contributed by atoms with van der Waals surface area (Å²) in [6.07, 6.45) is 2.14. The quantitative estimate of drug-likeness (QED) is 0.663. The lowest BCUT2D eigenvalue weighted by Crippen LogP contribution is -2.13. The molecule has 0 aliphatic carbocycles. The number of pyridine rings is 1. The molecule has 136 valence electrons. The van der Waals surface area contributed by atoms with E-state index in [1.807, 2.05) is 6.07 Å². The fraction of sp³-hybridized carbons (Fsp3) is 0.316. The van der Waals surface area contributed by atoms with Crippen molar-refractivity contribution in [3.05, 3.63) is 46.6 Å². The van der Waals surface area contributed by atoms with E-state index in [-0.39, 0.29) is 12.3 Å². The maximum absolute atomic E-state index is 12.2. The number of aryl methyl sites for hydroxylation is 1. The van der Waals surface area contributed by atoms with Gasteiger partial charge in [-0.15, -0.1) is 11.8 Å². The number of methoxy groups -OCH3 is 1. The van der Waals surface area contributed by atoms with Crippen molar-refractivity contribution in [2.75, 3.05) is 18.2 Å². The molecule has 5 nitrogen and oxygen atoms in total. The lowest BCUT2D eigenvalue weighted by Gasteiger charge is -2.10. The van der Waals surface area contributed by atoms with Crippen molar-refractivity contribution in [3.63, 3.8) is 0 Å². The summed E-state index contributed by atoms with van der Waals surface area (Å²) >= 11 is 7.38. The zero-order chi connectivity index (χ0) is 18.9. The van der Waals surface area contributed by atoms with Crippen molar-refractivity contribution in [2.45, 2.75) is 31.2 Å². The third kappa shape index (κ3) is 5.65. The molecule has 1 aromatic carbocycles. The Morgan fingerprint density at radius 3 is 2.88 bits per heavy atom. The monoisotopic (exact) mass is 389 g/mol. The van der Waals surface area contributed by atoms with E-state index in [4.69, 9.17) is 16.3 Å². The summed E-state index contributed by atoms with van der Waals surface area (Å²) in [6.45, 7) is 2.08. The summed E-state index contributed by atoms with van der Waals surface area (Å²) < 4.78 is 5.22. The second kappa shape index (κ2) is 10.0. The molecule has 0 spiro atoms. The number of aromatic nitrogens is 1. The van der Waals surface area contributed by atoms with E-state index >= 15 is 0 Å². The number of rotatable bonds is 8. The van der Waals surface area contributed by atoms with Gasteiger partial charge in [-0.1, -0.05) is 24.9 Å². The molecule has 7 heteroatoms. The van der Waals surface area contributed by atoms with Crippen LogP contribution in [-0.2, 0) is 11.2 Å². The van der Waals surface area contributed by atoms with Gasteiger partial charge < -0.3 is 10.1 Å². The van der Waals surface area contributed by atoms with Crippen molar-refractivity contribution in [3.8, 4) is 11.8 Å². The number of anilines is 1. The Hall–Kier alpha value is -2.23. The highest BCUT2D eigenvalue weighted by atomic mass is 35.5. The maximum atomic E-state index is 12.2. The summed E-state index contributed by atoms with van der Waals surface area (Å²) in [5.74, 6) is 0.920. The molecule has 0 aliphatic heterocycles. The standard InChI is InChI=1S/C19H20ClN3O2S/c1-3-4-15-7-5-13(12-21)19(22-15)26-10-9-18(24)23-16-11-14(20)6-8-17(16)25-2/h5-8,11H,3-4,9-10H2,1-2H3,(H,23,24). The van der Waals surface area contributed by atoms with Crippen LogP contribution in [0.2, 0.25) is 5.02 Å². The predicted octanol–water partition coefficient (Wildman–Crippen LogP) is 4.69. The summed E-state index contributed by atoms with van der Waals surface area (Å²) in [7, 11) is 1.53. The summed E-state index contributed by atoms with van der Waals surface area (Å²) in [4.78, 5) is 16.7. The minimum Gasteiger partial charge on any atom is -0.495 e. The van der Waals surface area contributed by atoms with Crippen molar-refractivity contribution < 1.29 is 9.53 Å². The van der Waals surface area contributed by atoms with E-state index in [0.717, 1.165) is 18.5 Å². The number of nitrogens with zero attached hydrogens (tertiary/aromatic N) is 2. The molecular formula is C19H20ClN3O2S. The molecule has 1 heterocycles. The van der Waals surface area contributed by atoms with Crippen molar-refractivity contribution >= 4 is 35.0 Å². The minimum atomic E-state index is -0.152. The highest BCUT2D eigenvalue weighted by molar-refractivity contribution is 7.99. The third-order valence-corrected chi connectivity index (χ3v) is 4.78. The van der Waals surface area contributed by atoms with E-state index in [1.54, 1.807) is 24.3 Å². The van der Waals surface area contributed by atoms with Gasteiger partial charge in [-0.25, -0.2) is 4.98 Å². The van der Waals surface area contributed by atoms with Gasteiger partial charge in [0, 0.05) is 22.9 Å². The molecule has 1 N–H and O–H groups in total. The molecule has 0 fully saturated rings. The normalized spacial score (nSPS) is 10.2. The van der Waals surface area contributed by atoms with E-state index < -0.39 is 0 Å². The molecule has 26 heavy (non-hydrogen) atoms. The molecule has 0 saturated heterocycles. The predicted molar refractivity (Wildman–Crippen MR) is 105 cm³/mol. The molecule has 2 aromatic rings. The van der Waals surface area contributed by atoms with Gasteiger partial charge in [0.2, 0.25) is 5.91 Å². The van der Waals surface area contributed by atoms with Crippen molar-refractivity contribution in [1.82, 2.24) is 4.98 Å². The number of hydrogen-bond acceptors (Lipinski definition) is 5. The summed E-state index contributed by atoms with van der Waals surface area (Å²) in [5, 5.41) is 13.2. The van der Waals surface area contributed by atoms with Gasteiger partial charge in [-0.05, 0) is 36.8 Å². The number of nitriles is 1. The Morgan fingerprint density at radius 2 is 2.19 bits per heavy atom. The topological polar surface area (TPSA) is 75.0 Å². The first-order valence-electron chi connectivity index (χ1n) is 8.23. The largest absolute Gasteiger partial charge is 0.495 e. The number of amides is 1. The molecule has 0 saturated carbocycles. The van der Waals surface area contributed by atoms with Gasteiger partial charge in [0.1, 0.15) is 16.8 Å². The number of carbonyl (C=O) groups is 1. The van der Waals surface area contributed by atoms with Crippen molar-refractivity contribution in [2.24, 2.45) is 0 Å². The van der Waals surface area contributed by atoms with Gasteiger partial charge >= 0.3 is 0 Å². The van der Waals surface area contributed by atoms with Crippen LogP contribution in [0.15, 0.2) is 35.4 Å². The van der Waals surface area contributed by atoms with Crippen LogP contribution in [0, 0.1) is 11.3 Å². The molecular weight excluding hydrogens is 370 g/mol. The highest BCUT2D eigenvalue weighted by Crippen LogP contribution is 2.28. The summed E-state index contributed by atoms with van der Waals surface area (Å²) in [6, 6.07) is 10.9. The number of ether oxygens (including phenoxy) is 1. The van der Waals surface area contributed by atoms with E-state index in [0.29, 0.717) is 32.8 Å². The van der Waals surface area contributed by atoms with Gasteiger partial charge in [-0.3, -0.25) is 4.79 Å². The Labute approximate surface area is 162 Å². The van der Waals surface area contributed by atoms with Gasteiger partial charge in [0.25, 0.3) is 0 Å². The van der Waals surface area contributed by atoms with Crippen LogP contribution in [0.1, 0.15) is 31.0 Å². The first-order chi connectivity index (χ1) is 12.6.